The molecule has 1 aromatic heterocycles. The Morgan fingerprint density at radius 2 is 2.12 bits per heavy atom. The summed E-state index contributed by atoms with van der Waals surface area (Å²) in [6.07, 6.45) is 0.867. The van der Waals surface area contributed by atoms with Crippen LogP contribution in [-0.4, -0.2) is 33.1 Å². The molecule has 1 aromatic rings. The molecule has 0 saturated carbocycles. The van der Waals surface area contributed by atoms with Crippen molar-refractivity contribution in [1.82, 2.24) is 9.97 Å². The monoisotopic (exact) mass is 239 g/mol. The lowest BCUT2D eigenvalue weighted by Gasteiger charge is -2.11. The van der Waals surface area contributed by atoms with Crippen LogP contribution in [0.15, 0.2) is 6.20 Å². The van der Waals surface area contributed by atoms with E-state index in [0.717, 1.165) is 6.20 Å². The summed E-state index contributed by atoms with van der Waals surface area (Å²) in [5, 5.41) is 11.3. The average molecular weight is 239 g/mol. The third-order valence-corrected chi connectivity index (χ3v) is 1.62. The highest BCUT2D eigenvalue weighted by molar-refractivity contribution is 5.91. The van der Waals surface area contributed by atoms with Gasteiger partial charge in [-0.3, -0.25) is 10.1 Å². The van der Waals surface area contributed by atoms with Gasteiger partial charge in [0.1, 0.15) is 5.56 Å². The number of hydrogen-bond donors (Lipinski definition) is 2. The summed E-state index contributed by atoms with van der Waals surface area (Å²) in [5.74, 6) is -1.58. The fraction of sp³-hybridized carbons (Fsp3) is 0.400. The Kier molecular flexibility index (Phi) is 3.97. The highest BCUT2D eigenvalue weighted by Crippen LogP contribution is 2.17. The van der Waals surface area contributed by atoms with Gasteiger partial charge in [-0.1, -0.05) is 0 Å². The molecule has 0 aromatic carbocycles. The number of nitrogens with zero attached hydrogens (tertiary/aromatic N) is 2. The van der Waals surface area contributed by atoms with Crippen LogP contribution in [0.1, 0.15) is 31.1 Å². The quantitative estimate of drug-likeness (QED) is 0.810. The van der Waals surface area contributed by atoms with E-state index >= 15 is 0 Å². The van der Waals surface area contributed by atoms with Crippen molar-refractivity contribution in [3.8, 4) is 5.88 Å². The molecule has 0 saturated heterocycles. The zero-order chi connectivity index (χ0) is 13.0. The second-order valence-electron chi connectivity index (χ2n) is 3.57. The SMILES string of the molecule is CC(=O)Nc1ncc(C(=O)O)c(OC(C)C)n1. The molecule has 17 heavy (non-hydrogen) atoms. The van der Waals surface area contributed by atoms with Crippen LogP contribution in [0.3, 0.4) is 0 Å². The molecule has 1 rings (SSSR count). The Morgan fingerprint density at radius 3 is 2.59 bits per heavy atom. The molecule has 0 fully saturated rings. The first-order valence-electron chi connectivity index (χ1n) is 4.94. The van der Waals surface area contributed by atoms with E-state index in [1.54, 1.807) is 13.8 Å². The number of aromatic nitrogens is 2. The molecule has 0 aliphatic rings. The number of carboxylic acids is 1. The van der Waals surface area contributed by atoms with E-state index in [-0.39, 0.29) is 29.4 Å². The molecule has 2 N–H and O–H groups in total. The predicted octanol–water partition coefficient (Wildman–Crippen LogP) is 0.920. The van der Waals surface area contributed by atoms with Gasteiger partial charge in [0.15, 0.2) is 0 Å². The van der Waals surface area contributed by atoms with Gasteiger partial charge < -0.3 is 9.84 Å². The van der Waals surface area contributed by atoms with Gasteiger partial charge in [0.2, 0.25) is 17.7 Å². The number of carboxylic acid groups (broad SMARTS) is 1. The van der Waals surface area contributed by atoms with E-state index in [4.69, 9.17) is 9.84 Å². The third-order valence-electron chi connectivity index (χ3n) is 1.62. The van der Waals surface area contributed by atoms with Crippen molar-refractivity contribution in [3.63, 3.8) is 0 Å². The summed E-state index contributed by atoms with van der Waals surface area (Å²) < 4.78 is 5.25. The Balaban J connectivity index is 3.09. The van der Waals surface area contributed by atoms with Crippen molar-refractivity contribution < 1.29 is 19.4 Å². The first kappa shape index (κ1) is 12.9. The Hall–Kier alpha value is -2.18. The van der Waals surface area contributed by atoms with Crippen molar-refractivity contribution in [3.05, 3.63) is 11.8 Å². The van der Waals surface area contributed by atoms with Gasteiger partial charge in [0, 0.05) is 6.92 Å². The minimum absolute atomic E-state index is 0.0122. The molecule has 92 valence electrons. The summed E-state index contributed by atoms with van der Waals surface area (Å²) in [7, 11) is 0. The molecule has 0 atom stereocenters. The van der Waals surface area contributed by atoms with Gasteiger partial charge in [-0.15, -0.1) is 0 Å². The standard InChI is InChI=1S/C10H13N3O4/c1-5(2)17-8-7(9(15)16)4-11-10(13-8)12-6(3)14/h4-5H,1-3H3,(H,15,16)(H,11,12,13,14). The maximum atomic E-state index is 10.9. The fourth-order valence-corrected chi connectivity index (χ4v) is 1.04. The molecule has 0 unspecified atom stereocenters. The van der Waals surface area contributed by atoms with Crippen LogP contribution < -0.4 is 10.1 Å². The number of aromatic carboxylic acids is 1. The molecular weight excluding hydrogens is 226 g/mol. The number of carbonyl (C=O) groups excluding carboxylic acids is 1. The number of anilines is 1. The van der Waals surface area contributed by atoms with Crippen LogP contribution in [0.2, 0.25) is 0 Å². The lowest BCUT2D eigenvalue weighted by atomic mass is 10.3. The minimum Gasteiger partial charge on any atom is -0.477 e. The molecule has 0 aliphatic carbocycles. The van der Waals surface area contributed by atoms with Gasteiger partial charge >= 0.3 is 5.97 Å². The number of ether oxygens (including phenoxy) is 1. The topological polar surface area (TPSA) is 101 Å². The summed E-state index contributed by atoms with van der Waals surface area (Å²) in [4.78, 5) is 29.2. The minimum atomic E-state index is -1.19. The van der Waals surface area contributed by atoms with Crippen LogP contribution >= 0.6 is 0 Å². The van der Waals surface area contributed by atoms with Crippen molar-refractivity contribution in [1.29, 1.82) is 0 Å². The van der Waals surface area contributed by atoms with Crippen LogP contribution in [0, 0.1) is 0 Å². The number of amides is 1. The molecular formula is C10H13N3O4. The lowest BCUT2D eigenvalue weighted by Crippen LogP contribution is -2.15. The highest BCUT2D eigenvalue weighted by atomic mass is 16.5. The second kappa shape index (κ2) is 5.24. The zero-order valence-electron chi connectivity index (χ0n) is 9.72. The van der Waals surface area contributed by atoms with Crippen molar-refractivity contribution in [2.24, 2.45) is 0 Å². The average Bonchev–Trinajstić information content (AvgIpc) is 2.15. The second-order valence-corrected chi connectivity index (χ2v) is 3.57. The Morgan fingerprint density at radius 1 is 1.47 bits per heavy atom. The van der Waals surface area contributed by atoms with E-state index in [9.17, 15) is 9.59 Å². The number of nitrogens with one attached hydrogen (secondary N) is 1. The summed E-state index contributed by atoms with van der Waals surface area (Å²) in [6, 6.07) is 0. The lowest BCUT2D eigenvalue weighted by molar-refractivity contribution is -0.114. The van der Waals surface area contributed by atoms with Gasteiger partial charge in [-0.25, -0.2) is 9.78 Å². The van der Waals surface area contributed by atoms with E-state index in [1.165, 1.54) is 6.92 Å². The normalized spacial score (nSPS) is 10.1. The summed E-state index contributed by atoms with van der Waals surface area (Å²) >= 11 is 0. The third kappa shape index (κ3) is 3.71. The number of hydrogen-bond acceptors (Lipinski definition) is 5. The van der Waals surface area contributed by atoms with Crippen molar-refractivity contribution in [2.75, 3.05) is 5.32 Å². The smallest absolute Gasteiger partial charge is 0.342 e. The maximum absolute atomic E-state index is 10.9. The molecule has 7 nitrogen and oxygen atoms in total. The maximum Gasteiger partial charge on any atom is 0.342 e. The fourth-order valence-electron chi connectivity index (χ4n) is 1.04. The molecule has 0 spiro atoms. The molecule has 1 heterocycles. The molecule has 0 aliphatic heterocycles. The Bertz CT molecular complexity index is 445. The first-order valence-corrected chi connectivity index (χ1v) is 4.94. The van der Waals surface area contributed by atoms with Crippen LogP contribution in [0.5, 0.6) is 5.88 Å². The van der Waals surface area contributed by atoms with Gasteiger partial charge in [0.25, 0.3) is 0 Å². The molecule has 0 bridgehead atoms. The van der Waals surface area contributed by atoms with Gasteiger partial charge in [0.05, 0.1) is 12.3 Å². The highest BCUT2D eigenvalue weighted by Gasteiger charge is 2.16. The van der Waals surface area contributed by atoms with Gasteiger partial charge in [-0.05, 0) is 13.8 Å². The van der Waals surface area contributed by atoms with Gasteiger partial charge in [-0.2, -0.15) is 4.98 Å². The van der Waals surface area contributed by atoms with E-state index < -0.39 is 5.97 Å². The zero-order valence-corrected chi connectivity index (χ0v) is 9.72. The number of carbonyl (C=O) groups is 2. The summed E-state index contributed by atoms with van der Waals surface area (Å²) in [5.41, 5.74) is -0.146. The van der Waals surface area contributed by atoms with E-state index in [1.807, 2.05) is 0 Å². The van der Waals surface area contributed by atoms with Crippen molar-refractivity contribution >= 4 is 17.8 Å². The number of rotatable bonds is 4. The van der Waals surface area contributed by atoms with Crippen molar-refractivity contribution in [2.45, 2.75) is 26.9 Å². The first-order chi connectivity index (χ1) is 7.90. The molecule has 1 amide bonds. The van der Waals surface area contributed by atoms with E-state index in [2.05, 4.69) is 15.3 Å². The molecule has 7 heteroatoms. The Labute approximate surface area is 97.8 Å². The largest absolute Gasteiger partial charge is 0.477 e. The van der Waals surface area contributed by atoms with E-state index in [0.29, 0.717) is 0 Å². The van der Waals surface area contributed by atoms with Crippen LogP contribution in [0.4, 0.5) is 5.95 Å². The van der Waals surface area contributed by atoms with Crippen LogP contribution in [-0.2, 0) is 4.79 Å². The van der Waals surface area contributed by atoms with Crippen LogP contribution in [0.25, 0.3) is 0 Å². The predicted molar refractivity (Wildman–Crippen MR) is 59.1 cm³/mol. The molecule has 0 radical (unpaired) electrons. The summed E-state index contributed by atoms with van der Waals surface area (Å²) in [6.45, 7) is 4.79.